The highest BCUT2D eigenvalue weighted by atomic mass is 32.2. The number of nitrogens with zero attached hydrogens (tertiary/aromatic N) is 4. The lowest BCUT2D eigenvalue weighted by atomic mass is 10.2. The van der Waals surface area contributed by atoms with Crippen LogP contribution in [-0.2, 0) is 16.1 Å². The molecular formula is C25H24N4O3S2. The van der Waals surface area contributed by atoms with E-state index >= 15 is 0 Å². The summed E-state index contributed by atoms with van der Waals surface area (Å²) in [4.78, 5) is 33.8. The molecule has 0 amide bonds. The normalized spacial score (nSPS) is 14.2. The van der Waals surface area contributed by atoms with E-state index in [1.807, 2.05) is 55.3 Å². The van der Waals surface area contributed by atoms with E-state index in [-0.39, 0.29) is 22.7 Å². The van der Waals surface area contributed by atoms with Gasteiger partial charge >= 0.3 is 0 Å². The number of anilines is 1. The molecule has 1 aliphatic heterocycles. The Bertz CT molecular complexity index is 1360. The van der Waals surface area contributed by atoms with Crippen LogP contribution in [0.25, 0.3) is 10.9 Å². The molecule has 0 N–H and O–H groups in total. The predicted molar refractivity (Wildman–Crippen MR) is 136 cm³/mol. The maximum Gasteiger partial charge on any atom is 0.262 e. The summed E-state index contributed by atoms with van der Waals surface area (Å²) in [6.07, 6.45) is 0.655. The fraction of sp³-hybridized carbons (Fsp3) is 0.280. The highest BCUT2D eigenvalue weighted by Gasteiger charge is 2.28. The SMILES string of the molecule is CCOCCCn1c(SCC(=O)/C(C#N)=C2\Sc3ccccc3N2C)nc2ccccc2c1=O. The first-order valence-electron chi connectivity index (χ1n) is 10.9. The summed E-state index contributed by atoms with van der Waals surface area (Å²) < 4.78 is 7.02. The number of ether oxygens (including phenoxy) is 1. The highest BCUT2D eigenvalue weighted by molar-refractivity contribution is 8.03. The second-order valence-corrected chi connectivity index (χ2v) is 9.52. The first kappa shape index (κ1) is 24.1. The summed E-state index contributed by atoms with van der Waals surface area (Å²) in [6.45, 7) is 3.51. The summed E-state index contributed by atoms with van der Waals surface area (Å²) >= 11 is 2.60. The molecule has 2 aromatic carbocycles. The Labute approximate surface area is 206 Å². The quantitative estimate of drug-likeness (QED) is 0.142. The maximum atomic E-state index is 13.1. The molecule has 0 spiro atoms. The van der Waals surface area contributed by atoms with Crippen LogP contribution < -0.4 is 10.5 Å². The number of hydrogen-bond acceptors (Lipinski definition) is 8. The molecule has 7 nitrogen and oxygen atoms in total. The maximum absolute atomic E-state index is 13.1. The van der Waals surface area contributed by atoms with Crippen molar-refractivity contribution in [1.29, 1.82) is 5.26 Å². The highest BCUT2D eigenvalue weighted by Crippen LogP contribution is 2.46. The number of thioether (sulfide) groups is 2. The van der Waals surface area contributed by atoms with Crippen molar-refractivity contribution in [1.82, 2.24) is 9.55 Å². The molecular weight excluding hydrogens is 468 g/mol. The van der Waals surface area contributed by atoms with Gasteiger partial charge < -0.3 is 9.64 Å². The average Bonchev–Trinajstić information content (AvgIpc) is 3.18. The van der Waals surface area contributed by atoms with Crippen molar-refractivity contribution in [2.75, 3.05) is 30.9 Å². The van der Waals surface area contributed by atoms with Gasteiger partial charge in [-0.3, -0.25) is 14.2 Å². The second-order valence-electron chi connectivity index (χ2n) is 7.55. The van der Waals surface area contributed by atoms with Crippen LogP contribution in [0.2, 0.25) is 0 Å². The van der Waals surface area contributed by atoms with Crippen molar-refractivity contribution in [3.63, 3.8) is 0 Å². The van der Waals surface area contributed by atoms with Crippen molar-refractivity contribution in [2.24, 2.45) is 0 Å². The molecule has 9 heteroatoms. The average molecular weight is 493 g/mol. The second kappa shape index (κ2) is 10.9. The lowest BCUT2D eigenvalue weighted by Crippen LogP contribution is -2.24. The molecule has 34 heavy (non-hydrogen) atoms. The van der Waals surface area contributed by atoms with Gasteiger partial charge in [-0.1, -0.05) is 47.8 Å². The van der Waals surface area contributed by atoms with Gasteiger partial charge in [0.1, 0.15) is 16.7 Å². The smallest absolute Gasteiger partial charge is 0.262 e. The van der Waals surface area contributed by atoms with Gasteiger partial charge in [0.15, 0.2) is 10.9 Å². The zero-order valence-electron chi connectivity index (χ0n) is 19.0. The van der Waals surface area contributed by atoms with Crippen LogP contribution in [0, 0.1) is 11.3 Å². The largest absolute Gasteiger partial charge is 0.382 e. The Balaban J connectivity index is 1.59. The molecule has 0 atom stereocenters. The van der Waals surface area contributed by atoms with E-state index in [9.17, 15) is 14.9 Å². The van der Waals surface area contributed by atoms with Gasteiger partial charge in [0.25, 0.3) is 5.56 Å². The fourth-order valence-electron chi connectivity index (χ4n) is 3.68. The molecule has 0 bridgehead atoms. The Morgan fingerprint density at radius 2 is 1.97 bits per heavy atom. The summed E-state index contributed by atoms with van der Waals surface area (Å²) in [6, 6.07) is 17.1. The van der Waals surface area contributed by atoms with Crippen LogP contribution in [0.4, 0.5) is 5.69 Å². The molecule has 4 rings (SSSR count). The third kappa shape index (κ3) is 4.89. The molecule has 1 aromatic heterocycles. The Morgan fingerprint density at radius 3 is 2.74 bits per heavy atom. The van der Waals surface area contributed by atoms with E-state index in [4.69, 9.17) is 4.74 Å². The Morgan fingerprint density at radius 1 is 1.21 bits per heavy atom. The molecule has 0 saturated carbocycles. The van der Waals surface area contributed by atoms with Gasteiger partial charge in [-0.25, -0.2) is 4.98 Å². The molecule has 0 fully saturated rings. The van der Waals surface area contributed by atoms with Crippen molar-refractivity contribution >= 4 is 45.9 Å². The number of para-hydroxylation sites is 2. The van der Waals surface area contributed by atoms with Crippen molar-refractivity contribution in [2.45, 2.75) is 29.9 Å². The van der Waals surface area contributed by atoms with E-state index in [0.717, 1.165) is 10.6 Å². The molecule has 0 unspecified atom stereocenters. The van der Waals surface area contributed by atoms with Crippen LogP contribution in [0.1, 0.15) is 13.3 Å². The monoisotopic (exact) mass is 492 g/mol. The topological polar surface area (TPSA) is 88.2 Å². The van der Waals surface area contributed by atoms with Crippen molar-refractivity contribution < 1.29 is 9.53 Å². The van der Waals surface area contributed by atoms with E-state index in [1.54, 1.807) is 16.7 Å². The van der Waals surface area contributed by atoms with E-state index in [2.05, 4.69) is 11.1 Å². The minimum Gasteiger partial charge on any atom is -0.382 e. The van der Waals surface area contributed by atoms with Crippen LogP contribution in [-0.4, -0.2) is 41.3 Å². The van der Waals surface area contributed by atoms with Crippen LogP contribution in [0.15, 0.2) is 74.0 Å². The number of nitriles is 1. The number of fused-ring (bicyclic) bond motifs is 2. The number of ketones is 1. The van der Waals surface area contributed by atoms with Gasteiger partial charge in [-0.2, -0.15) is 5.26 Å². The van der Waals surface area contributed by atoms with E-state index < -0.39 is 0 Å². The van der Waals surface area contributed by atoms with Crippen LogP contribution in [0.5, 0.6) is 0 Å². The number of carbonyl (C=O) groups excluding carboxylic acids is 1. The number of allylic oxidation sites excluding steroid dienone is 1. The third-order valence-corrected chi connectivity index (χ3v) is 7.59. The van der Waals surface area contributed by atoms with Crippen LogP contribution in [0.3, 0.4) is 0 Å². The molecule has 3 aromatic rings. The van der Waals surface area contributed by atoms with Gasteiger partial charge in [-0.15, -0.1) is 0 Å². The summed E-state index contributed by atoms with van der Waals surface area (Å²) in [7, 11) is 1.85. The molecule has 2 heterocycles. The van der Waals surface area contributed by atoms with Crippen LogP contribution >= 0.6 is 23.5 Å². The Kier molecular flexibility index (Phi) is 7.73. The standard InChI is InChI=1S/C25H24N4O3S2/c1-3-32-14-8-13-29-23(31)17-9-4-5-10-19(17)27-25(29)33-16-21(30)18(15-26)24-28(2)20-11-6-7-12-22(20)34-24/h4-7,9-12H,3,8,13-14,16H2,1-2H3/b24-18-. The lowest BCUT2D eigenvalue weighted by molar-refractivity contribution is -0.112. The van der Waals surface area contributed by atoms with Gasteiger partial charge in [-0.05, 0) is 37.6 Å². The number of aromatic nitrogens is 2. The molecule has 0 saturated heterocycles. The lowest BCUT2D eigenvalue weighted by Gasteiger charge is -2.15. The minimum atomic E-state index is -0.294. The Hall–Kier alpha value is -3.06. The zero-order chi connectivity index (χ0) is 24.1. The number of hydrogen-bond donors (Lipinski definition) is 0. The number of carbonyl (C=O) groups is 1. The predicted octanol–water partition coefficient (Wildman–Crippen LogP) is 4.46. The van der Waals surface area contributed by atoms with Crippen molar-refractivity contribution in [3.8, 4) is 6.07 Å². The summed E-state index contributed by atoms with van der Waals surface area (Å²) in [5.41, 5.74) is 1.53. The third-order valence-electron chi connectivity index (χ3n) is 5.38. The van der Waals surface area contributed by atoms with E-state index in [1.165, 1.54) is 23.5 Å². The molecule has 174 valence electrons. The zero-order valence-corrected chi connectivity index (χ0v) is 20.6. The van der Waals surface area contributed by atoms with Crippen molar-refractivity contribution in [3.05, 3.63) is 69.5 Å². The molecule has 1 aliphatic rings. The number of benzene rings is 2. The first-order chi connectivity index (χ1) is 16.5. The fourth-order valence-corrected chi connectivity index (χ4v) is 5.74. The van der Waals surface area contributed by atoms with Gasteiger partial charge in [0.2, 0.25) is 0 Å². The number of rotatable bonds is 9. The van der Waals surface area contributed by atoms with Gasteiger partial charge in [0.05, 0.1) is 22.3 Å². The first-order valence-corrected chi connectivity index (χ1v) is 12.7. The number of Topliss-reactive ketones (excluding diaryl/α,β-unsaturated/α-hetero) is 1. The summed E-state index contributed by atoms with van der Waals surface area (Å²) in [5, 5.41) is 11.4. The summed E-state index contributed by atoms with van der Waals surface area (Å²) in [5.74, 6) is -0.286. The van der Waals surface area contributed by atoms with E-state index in [0.29, 0.717) is 47.3 Å². The minimum absolute atomic E-state index is 0.00732. The molecule has 0 radical (unpaired) electrons. The molecule has 0 aliphatic carbocycles. The van der Waals surface area contributed by atoms with Gasteiger partial charge in [0, 0.05) is 31.7 Å².